The summed E-state index contributed by atoms with van der Waals surface area (Å²) in [5.41, 5.74) is 5.50. The normalized spacial score (nSPS) is 14.9. The molecular weight excluding hydrogens is 254 g/mol. The number of hydrogen-bond donors (Lipinski definition) is 0. The molecule has 0 aliphatic carbocycles. The Morgan fingerprint density at radius 1 is 0.842 bits per heavy atom. The third kappa shape index (κ3) is 2.76. The van der Waals surface area contributed by atoms with Gasteiger partial charge in [0, 0.05) is 24.7 Å². The van der Waals surface area contributed by atoms with Crippen molar-refractivity contribution in [3.8, 4) is 0 Å². The molecule has 0 radical (unpaired) electrons. The maximum atomic E-state index is 5.84. The summed E-state index contributed by atoms with van der Waals surface area (Å²) in [5.74, 6) is 0.589. The molecule has 0 amide bonds. The van der Waals surface area contributed by atoms with Gasteiger partial charge in [-0.05, 0) is 41.7 Å². The van der Waals surface area contributed by atoms with Crippen molar-refractivity contribution < 1.29 is 0 Å². The van der Waals surface area contributed by atoms with Gasteiger partial charge in [-0.25, -0.2) is 0 Å². The molecule has 19 heavy (non-hydrogen) atoms. The summed E-state index contributed by atoms with van der Waals surface area (Å²) in [6.45, 7) is 2.19. The number of anilines is 1. The molecule has 2 aromatic rings. The van der Waals surface area contributed by atoms with Crippen molar-refractivity contribution in [2.45, 2.75) is 18.7 Å². The minimum Gasteiger partial charge on any atom is -0.371 e. The maximum absolute atomic E-state index is 5.84. The largest absolute Gasteiger partial charge is 0.371 e. The molecule has 0 fully saturated rings. The Kier molecular flexibility index (Phi) is 3.74. The number of alkyl halides is 1. The zero-order valence-corrected chi connectivity index (χ0v) is 11.7. The fourth-order valence-corrected chi connectivity index (χ4v) is 2.90. The lowest BCUT2D eigenvalue weighted by molar-refractivity contribution is 0.805. The molecule has 0 unspecified atom stereocenters. The second kappa shape index (κ2) is 5.66. The van der Waals surface area contributed by atoms with E-state index in [0.29, 0.717) is 5.88 Å². The van der Waals surface area contributed by atoms with Crippen molar-refractivity contribution in [1.29, 1.82) is 0 Å². The molecule has 2 heteroatoms. The van der Waals surface area contributed by atoms with Gasteiger partial charge < -0.3 is 4.90 Å². The molecule has 3 rings (SSSR count). The highest BCUT2D eigenvalue weighted by atomic mass is 35.5. The van der Waals surface area contributed by atoms with Crippen LogP contribution >= 0.6 is 11.6 Å². The summed E-state index contributed by atoms with van der Waals surface area (Å²) >= 11 is 5.84. The highest BCUT2D eigenvalue weighted by molar-refractivity contribution is 6.17. The van der Waals surface area contributed by atoms with E-state index < -0.39 is 0 Å². The summed E-state index contributed by atoms with van der Waals surface area (Å²) < 4.78 is 0. The molecule has 98 valence electrons. The van der Waals surface area contributed by atoms with Gasteiger partial charge >= 0.3 is 0 Å². The first kappa shape index (κ1) is 12.6. The van der Waals surface area contributed by atoms with Gasteiger partial charge in [-0.3, -0.25) is 0 Å². The number of halogens is 1. The lowest BCUT2D eigenvalue weighted by Crippen LogP contribution is -2.25. The molecule has 0 saturated heterocycles. The van der Waals surface area contributed by atoms with Gasteiger partial charge in [0.1, 0.15) is 0 Å². The number of hydrogen-bond acceptors (Lipinski definition) is 1. The number of nitrogens with zero attached hydrogens (tertiary/aromatic N) is 1. The Balaban J connectivity index is 1.77. The molecule has 0 bridgehead atoms. The van der Waals surface area contributed by atoms with Crippen molar-refractivity contribution in [3.05, 3.63) is 65.2 Å². The Hall–Kier alpha value is -1.47. The second-order valence-corrected chi connectivity index (χ2v) is 5.32. The van der Waals surface area contributed by atoms with Gasteiger partial charge in [0.2, 0.25) is 0 Å². The summed E-state index contributed by atoms with van der Waals surface area (Å²) in [4.78, 5) is 2.47. The summed E-state index contributed by atoms with van der Waals surface area (Å²) in [6.07, 6.45) is 2.26. The van der Waals surface area contributed by atoms with Crippen molar-refractivity contribution in [1.82, 2.24) is 0 Å². The van der Waals surface area contributed by atoms with Gasteiger partial charge in [0.15, 0.2) is 0 Å². The molecule has 0 aromatic heterocycles. The third-order valence-corrected chi connectivity index (χ3v) is 4.18. The Morgan fingerprint density at radius 3 is 1.95 bits per heavy atom. The van der Waals surface area contributed by atoms with Crippen LogP contribution in [0.15, 0.2) is 48.5 Å². The van der Waals surface area contributed by atoms with Crippen molar-refractivity contribution >= 4 is 17.3 Å². The van der Waals surface area contributed by atoms with Crippen LogP contribution in [0.5, 0.6) is 0 Å². The van der Waals surface area contributed by atoms with Gasteiger partial charge in [-0.2, -0.15) is 0 Å². The number of fused-ring (bicyclic) bond motifs is 1. The summed E-state index contributed by atoms with van der Waals surface area (Å²) in [7, 11) is 0. The van der Waals surface area contributed by atoms with Crippen LogP contribution < -0.4 is 4.90 Å². The Bertz CT molecular complexity index is 520. The van der Waals surface area contributed by atoms with Crippen LogP contribution in [0.3, 0.4) is 0 Å². The molecule has 1 heterocycles. The third-order valence-electron chi connectivity index (χ3n) is 3.88. The average Bonchev–Trinajstić information content (AvgIpc) is 2.70. The van der Waals surface area contributed by atoms with E-state index in [9.17, 15) is 0 Å². The topological polar surface area (TPSA) is 3.24 Å². The van der Waals surface area contributed by atoms with Crippen molar-refractivity contribution in [2.24, 2.45) is 0 Å². The highest BCUT2D eigenvalue weighted by Gasteiger charge is 2.13. The minimum atomic E-state index is 0.589. The predicted molar refractivity (Wildman–Crippen MR) is 82.1 cm³/mol. The van der Waals surface area contributed by atoms with E-state index in [1.807, 2.05) is 0 Å². The van der Waals surface area contributed by atoms with E-state index >= 15 is 0 Å². The van der Waals surface area contributed by atoms with Crippen LogP contribution in [-0.4, -0.2) is 13.1 Å². The van der Waals surface area contributed by atoms with E-state index in [1.165, 1.54) is 22.4 Å². The molecule has 1 aliphatic rings. The Morgan fingerprint density at radius 2 is 1.42 bits per heavy atom. The van der Waals surface area contributed by atoms with Crippen LogP contribution in [0.1, 0.15) is 16.7 Å². The summed E-state index contributed by atoms with van der Waals surface area (Å²) in [6, 6.07) is 17.4. The fraction of sp³-hybridized carbons (Fsp3) is 0.294. The van der Waals surface area contributed by atoms with E-state index in [2.05, 4.69) is 53.4 Å². The Labute approximate surface area is 119 Å². The number of benzene rings is 2. The van der Waals surface area contributed by atoms with Crippen LogP contribution in [0.4, 0.5) is 5.69 Å². The molecular formula is C17H18ClN. The average molecular weight is 272 g/mol. The first-order valence-electron chi connectivity index (χ1n) is 6.83. The van der Waals surface area contributed by atoms with Crippen LogP contribution in [0, 0.1) is 0 Å². The standard InChI is InChI=1S/C17H18ClN/c18-13-14-5-7-17(8-6-14)19-11-9-15-3-1-2-4-16(15)10-12-19/h1-8H,9-13H2. The lowest BCUT2D eigenvalue weighted by Gasteiger charge is -2.22. The molecule has 0 saturated carbocycles. The maximum Gasteiger partial charge on any atom is 0.0474 e. The van der Waals surface area contributed by atoms with Crippen LogP contribution in [0.2, 0.25) is 0 Å². The van der Waals surface area contributed by atoms with Crippen molar-refractivity contribution in [3.63, 3.8) is 0 Å². The zero-order chi connectivity index (χ0) is 13.1. The molecule has 1 nitrogen and oxygen atoms in total. The molecule has 1 aliphatic heterocycles. The van der Waals surface area contributed by atoms with Crippen molar-refractivity contribution in [2.75, 3.05) is 18.0 Å². The van der Waals surface area contributed by atoms with Gasteiger partial charge in [0.05, 0.1) is 0 Å². The molecule has 0 N–H and O–H groups in total. The first-order valence-corrected chi connectivity index (χ1v) is 7.37. The highest BCUT2D eigenvalue weighted by Crippen LogP contribution is 2.21. The van der Waals surface area contributed by atoms with Crippen LogP contribution in [0.25, 0.3) is 0 Å². The quantitative estimate of drug-likeness (QED) is 0.746. The minimum absolute atomic E-state index is 0.589. The van der Waals surface area contributed by atoms with Gasteiger partial charge in [-0.15, -0.1) is 11.6 Å². The smallest absolute Gasteiger partial charge is 0.0474 e. The first-order chi connectivity index (χ1) is 9.36. The van der Waals surface area contributed by atoms with Gasteiger partial charge in [0.25, 0.3) is 0 Å². The van der Waals surface area contributed by atoms with E-state index in [1.54, 1.807) is 0 Å². The SMILES string of the molecule is ClCc1ccc(N2CCc3ccccc3CC2)cc1. The lowest BCUT2D eigenvalue weighted by atomic mass is 10.0. The molecule has 0 spiro atoms. The molecule has 0 atom stereocenters. The predicted octanol–water partition coefficient (Wildman–Crippen LogP) is 4.03. The second-order valence-electron chi connectivity index (χ2n) is 5.06. The van der Waals surface area contributed by atoms with E-state index in [0.717, 1.165) is 25.9 Å². The summed E-state index contributed by atoms with van der Waals surface area (Å²) in [5, 5.41) is 0. The monoisotopic (exact) mass is 271 g/mol. The molecule has 2 aromatic carbocycles. The zero-order valence-electron chi connectivity index (χ0n) is 11.0. The fourth-order valence-electron chi connectivity index (χ4n) is 2.72. The van der Waals surface area contributed by atoms with E-state index in [4.69, 9.17) is 11.6 Å². The van der Waals surface area contributed by atoms with Gasteiger partial charge in [-0.1, -0.05) is 36.4 Å². The number of rotatable bonds is 2. The van der Waals surface area contributed by atoms with E-state index in [-0.39, 0.29) is 0 Å². The van der Waals surface area contributed by atoms with Crippen LogP contribution in [-0.2, 0) is 18.7 Å².